The van der Waals surface area contributed by atoms with Crippen LogP contribution in [0.15, 0.2) is 23.8 Å². The zero-order valence-corrected chi connectivity index (χ0v) is 16.9. The highest BCUT2D eigenvalue weighted by molar-refractivity contribution is 6.01. The first kappa shape index (κ1) is 18.9. The molecule has 3 saturated carbocycles. The molecule has 0 aliphatic heterocycles. The van der Waals surface area contributed by atoms with E-state index < -0.39 is 6.10 Å². The Morgan fingerprint density at radius 1 is 1.26 bits per heavy atom. The van der Waals surface area contributed by atoms with Crippen LogP contribution >= 0.6 is 0 Å². The molecule has 4 heteroatoms. The number of carbonyl (C=O) groups is 2. The number of aliphatic hydroxyl groups excluding tert-OH is 1. The fraction of sp³-hybridized carbons (Fsp3) is 0.739. The molecule has 4 aliphatic carbocycles. The Balaban J connectivity index is 1.68. The fourth-order valence-corrected chi connectivity index (χ4v) is 7.37. The Morgan fingerprint density at radius 2 is 2.00 bits per heavy atom. The molecule has 4 nitrogen and oxygen atoms in total. The molecular weight excluding hydrogens is 340 g/mol. The number of carbonyl (C=O) groups excluding carboxylic acids is 2. The number of fused-ring (bicyclic) bond motifs is 5. The van der Waals surface area contributed by atoms with Gasteiger partial charge in [-0.2, -0.15) is 0 Å². The largest absolute Gasteiger partial charge is 0.469 e. The van der Waals surface area contributed by atoms with Crippen molar-refractivity contribution in [3.8, 4) is 0 Å². The van der Waals surface area contributed by atoms with Crippen molar-refractivity contribution in [3.63, 3.8) is 0 Å². The van der Waals surface area contributed by atoms with Crippen LogP contribution in [0.4, 0.5) is 0 Å². The molecule has 0 amide bonds. The summed E-state index contributed by atoms with van der Waals surface area (Å²) >= 11 is 0. The number of rotatable bonds is 2. The standard InChI is InChI=1S/C23H32O4/c1-13(21(26)27-4)17-7-8-18-16-6-5-14-11-15(24)9-10-22(14,2)19(16)12-20(25)23(17,18)3/h9-11,13,16-20,25H,5-8,12H2,1-4H3/t13?,16-,17+,18-,19-,20-,22-,23+/m0/s1. The third-order valence-corrected chi connectivity index (χ3v) is 8.91. The first-order chi connectivity index (χ1) is 12.7. The maximum Gasteiger partial charge on any atom is 0.308 e. The lowest BCUT2D eigenvalue weighted by molar-refractivity contribution is -0.158. The van der Waals surface area contributed by atoms with Crippen molar-refractivity contribution in [1.29, 1.82) is 0 Å². The maximum atomic E-state index is 12.2. The third kappa shape index (κ3) is 2.52. The average molecular weight is 373 g/mol. The molecule has 0 radical (unpaired) electrons. The molecule has 0 heterocycles. The number of methoxy groups -OCH3 is 1. The summed E-state index contributed by atoms with van der Waals surface area (Å²) in [6, 6.07) is 0. The van der Waals surface area contributed by atoms with E-state index >= 15 is 0 Å². The van der Waals surface area contributed by atoms with Gasteiger partial charge in [0.2, 0.25) is 0 Å². The quantitative estimate of drug-likeness (QED) is 0.751. The van der Waals surface area contributed by atoms with Crippen LogP contribution in [0.2, 0.25) is 0 Å². The lowest BCUT2D eigenvalue weighted by Crippen LogP contribution is -2.56. The predicted octanol–water partition coefficient (Wildman–Crippen LogP) is 3.69. The van der Waals surface area contributed by atoms with Crippen LogP contribution in [-0.4, -0.2) is 30.1 Å². The van der Waals surface area contributed by atoms with E-state index in [-0.39, 0.29) is 34.4 Å². The number of hydrogen-bond donors (Lipinski definition) is 1. The summed E-state index contributed by atoms with van der Waals surface area (Å²) in [5.41, 5.74) is 0.885. The van der Waals surface area contributed by atoms with Gasteiger partial charge >= 0.3 is 5.97 Å². The van der Waals surface area contributed by atoms with Crippen LogP contribution in [0.3, 0.4) is 0 Å². The molecule has 1 unspecified atom stereocenters. The molecule has 0 saturated heterocycles. The monoisotopic (exact) mass is 372 g/mol. The average Bonchev–Trinajstić information content (AvgIpc) is 3.01. The first-order valence-corrected chi connectivity index (χ1v) is 10.4. The van der Waals surface area contributed by atoms with Gasteiger partial charge in [-0.1, -0.05) is 32.4 Å². The fourth-order valence-electron chi connectivity index (χ4n) is 7.37. The second-order valence-corrected chi connectivity index (χ2v) is 9.72. The van der Waals surface area contributed by atoms with E-state index in [4.69, 9.17) is 4.74 Å². The van der Waals surface area contributed by atoms with Crippen LogP contribution < -0.4 is 0 Å². The van der Waals surface area contributed by atoms with E-state index in [1.807, 2.05) is 13.0 Å². The van der Waals surface area contributed by atoms with Crippen molar-refractivity contribution in [2.24, 2.45) is 40.4 Å². The molecule has 0 aromatic heterocycles. The van der Waals surface area contributed by atoms with Gasteiger partial charge in [0.05, 0.1) is 19.1 Å². The van der Waals surface area contributed by atoms with Gasteiger partial charge in [-0.05, 0) is 67.9 Å². The topological polar surface area (TPSA) is 63.6 Å². The van der Waals surface area contributed by atoms with E-state index in [0.29, 0.717) is 17.8 Å². The van der Waals surface area contributed by atoms with E-state index in [1.54, 1.807) is 6.08 Å². The minimum absolute atomic E-state index is 0.0926. The summed E-state index contributed by atoms with van der Waals surface area (Å²) in [4.78, 5) is 24.1. The lowest BCUT2D eigenvalue weighted by atomic mass is 9.46. The van der Waals surface area contributed by atoms with Crippen molar-refractivity contribution >= 4 is 11.8 Å². The number of hydrogen-bond acceptors (Lipinski definition) is 4. The van der Waals surface area contributed by atoms with E-state index in [2.05, 4.69) is 19.9 Å². The van der Waals surface area contributed by atoms with Gasteiger partial charge in [0.1, 0.15) is 0 Å². The summed E-state index contributed by atoms with van der Waals surface area (Å²) < 4.78 is 5.02. The van der Waals surface area contributed by atoms with E-state index in [1.165, 1.54) is 12.7 Å². The Hall–Kier alpha value is -1.42. The van der Waals surface area contributed by atoms with Gasteiger partial charge in [0.25, 0.3) is 0 Å². The first-order valence-electron chi connectivity index (χ1n) is 10.4. The van der Waals surface area contributed by atoms with Gasteiger partial charge < -0.3 is 9.84 Å². The molecule has 4 aliphatic rings. The molecule has 1 N–H and O–H groups in total. The molecule has 4 rings (SSSR count). The molecular formula is C23H32O4. The van der Waals surface area contributed by atoms with Gasteiger partial charge in [0, 0.05) is 10.8 Å². The Morgan fingerprint density at radius 3 is 2.70 bits per heavy atom. The Kier molecular flexibility index (Phi) is 4.41. The lowest BCUT2D eigenvalue weighted by Gasteiger charge is -2.59. The normalized spacial score (nSPS) is 46.8. The Bertz CT molecular complexity index is 722. The van der Waals surface area contributed by atoms with E-state index in [9.17, 15) is 14.7 Å². The molecule has 27 heavy (non-hydrogen) atoms. The van der Waals surface area contributed by atoms with Crippen LogP contribution in [0.25, 0.3) is 0 Å². The van der Waals surface area contributed by atoms with Crippen LogP contribution in [0.5, 0.6) is 0 Å². The second kappa shape index (κ2) is 6.30. The van der Waals surface area contributed by atoms with Gasteiger partial charge in [-0.25, -0.2) is 0 Å². The van der Waals surface area contributed by atoms with Gasteiger partial charge in [-0.3, -0.25) is 9.59 Å². The summed E-state index contributed by atoms with van der Waals surface area (Å²) in [5, 5.41) is 11.3. The molecule has 148 valence electrons. The summed E-state index contributed by atoms with van der Waals surface area (Å²) in [5.74, 6) is 1.24. The molecule has 0 bridgehead atoms. The summed E-state index contributed by atoms with van der Waals surface area (Å²) in [6.45, 7) is 6.42. The SMILES string of the molecule is COC(=O)C(C)[C@H]1CC[C@H]2[C@@H]3CCC4=CC(=O)C=C[C@]4(C)[C@H]3C[C@H](O)[C@]12C. The molecule has 0 aromatic carbocycles. The van der Waals surface area contributed by atoms with Crippen LogP contribution in [-0.2, 0) is 14.3 Å². The Labute approximate surface area is 162 Å². The predicted molar refractivity (Wildman–Crippen MR) is 103 cm³/mol. The molecule has 0 spiro atoms. The summed E-state index contributed by atoms with van der Waals surface area (Å²) in [6.07, 6.45) is 10.0. The highest BCUT2D eigenvalue weighted by Crippen LogP contribution is 2.66. The highest BCUT2D eigenvalue weighted by Gasteiger charge is 2.63. The number of esters is 1. The minimum Gasteiger partial charge on any atom is -0.469 e. The third-order valence-electron chi connectivity index (χ3n) is 8.91. The zero-order chi connectivity index (χ0) is 19.6. The van der Waals surface area contributed by atoms with E-state index in [0.717, 1.165) is 32.1 Å². The van der Waals surface area contributed by atoms with Crippen molar-refractivity contribution in [3.05, 3.63) is 23.8 Å². The summed E-state index contributed by atoms with van der Waals surface area (Å²) in [7, 11) is 1.45. The van der Waals surface area contributed by atoms with Crippen molar-refractivity contribution in [2.45, 2.75) is 59.0 Å². The maximum absolute atomic E-state index is 12.2. The number of aliphatic hydroxyl groups is 1. The number of ketones is 1. The van der Waals surface area contributed by atoms with Crippen molar-refractivity contribution in [2.75, 3.05) is 7.11 Å². The molecule has 3 fully saturated rings. The van der Waals surface area contributed by atoms with Crippen LogP contribution in [0.1, 0.15) is 52.9 Å². The molecule has 0 aromatic rings. The van der Waals surface area contributed by atoms with Gasteiger partial charge in [-0.15, -0.1) is 0 Å². The number of ether oxygens (including phenoxy) is 1. The minimum atomic E-state index is -0.425. The highest BCUT2D eigenvalue weighted by atomic mass is 16.5. The zero-order valence-electron chi connectivity index (χ0n) is 16.9. The van der Waals surface area contributed by atoms with Gasteiger partial charge in [0.15, 0.2) is 5.78 Å². The second-order valence-electron chi connectivity index (χ2n) is 9.72. The smallest absolute Gasteiger partial charge is 0.308 e. The van der Waals surface area contributed by atoms with Crippen molar-refractivity contribution < 1.29 is 19.4 Å². The number of allylic oxidation sites excluding steroid dienone is 4. The van der Waals surface area contributed by atoms with Crippen LogP contribution in [0, 0.1) is 40.4 Å². The molecule has 8 atom stereocenters. The van der Waals surface area contributed by atoms with Crippen molar-refractivity contribution in [1.82, 2.24) is 0 Å².